The molecule has 1 saturated heterocycles. The minimum atomic E-state index is 0.489. The molecule has 1 aromatic rings. The summed E-state index contributed by atoms with van der Waals surface area (Å²) >= 11 is 1.79. The molecule has 1 aromatic heterocycles. The first-order chi connectivity index (χ1) is 7.75. The number of hydrogen-bond donors (Lipinski definition) is 3. The van der Waals surface area contributed by atoms with Crippen molar-refractivity contribution >= 4 is 17.2 Å². The van der Waals surface area contributed by atoms with Crippen molar-refractivity contribution in [3.05, 3.63) is 22.4 Å². The standard InChI is InChI=1S/C12H19N3S/c1-9-7-12(13)15-11(9)4-5-14-8-10-3-2-6-16-10/h2-3,6,9,11,14H,4-5,7-8H2,1H3,(H2,13,15)/t9-,11+/m0/s1. The predicted molar refractivity (Wildman–Crippen MR) is 69.1 cm³/mol. The van der Waals surface area contributed by atoms with Crippen LogP contribution in [-0.4, -0.2) is 18.4 Å². The Morgan fingerprint density at radius 2 is 2.50 bits per heavy atom. The summed E-state index contributed by atoms with van der Waals surface area (Å²) in [5.74, 6) is 1.31. The Labute approximate surface area is 101 Å². The summed E-state index contributed by atoms with van der Waals surface area (Å²) in [5, 5.41) is 16.4. The maximum Gasteiger partial charge on any atom is 0.0937 e. The minimum Gasteiger partial charge on any atom is -0.371 e. The van der Waals surface area contributed by atoms with Gasteiger partial charge in [-0.3, -0.25) is 5.41 Å². The zero-order valence-corrected chi connectivity index (χ0v) is 10.4. The minimum absolute atomic E-state index is 0.489. The van der Waals surface area contributed by atoms with Gasteiger partial charge in [-0.1, -0.05) is 13.0 Å². The Hall–Kier alpha value is -0.870. The first-order valence-electron chi connectivity index (χ1n) is 5.83. The summed E-state index contributed by atoms with van der Waals surface area (Å²) in [6.07, 6.45) is 2.02. The molecule has 4 heteroatoms. The van der Waals surface area contributed by atoms with Crippen molar-refractivity contribution in [2.75, 3.05) is 6.54 Å². The SMILES string of the molecule is C[C@H]1CC(=N)N[C@@H]1CCNCc1cccs1. The number of rotatable bonds is 5. The summed E-state index contributed by atoms with van der Waals surface area (Å²) in [7, 11) is 0. The maximum atomic E-state index is 7.57. The summed E-state index contributed by atoms with van der Waals surface area (Å²) in [6, 6.07) is 4.73. The molecule has 0 bridgehead atoms. The van der Waals surface area contributed by atoms with E-state index in [1.807, 2.05) is 0 Å². The first kappa shape index (κ1) is 11.6. The molecule has 2 atom stereocenters. The van der Waals surface area contributed by atoms with E-state index >= 15 is 0 Å². The van der Waals surface area contributed by atoms with Gasteiger partial charge in [0.1, 0.15) is 0 Å². The van der Waals surface area contributed by atoms with Crippen molar-refractivity contribution < 1.29 is 0 Å². The molecule has 2 rings (SSSR count). The molecule has 3 N–H and O–H groups in total. The van der Waals surface area contributed by atoms with Gasteiger partial charge < -0.3 is 10.6 Å². The van der Waals surface area contributed by atoms with E-state index in [0.717, 1.165) is 25.9 Å². The predicted octanol–water partition coefficient (Wildman–Crippen LogP) is 2.20. The first-order valence-corrected chi connectivity index (χ1v) is 6.70. The summed E-state index contributed by atoms with van der Waals surface area (Å²) in [5.41, 5.74) is 0. The van der Waals surface area contributed by atoms with Gasteiger partial charge in [0.05, 0.1) is 5.84 Å². The van der Waals surface area contributed by atoms with E-state index in [1.54, 1.807) is 11.3 Å². The average molecular weight is 237 g/mol. The number of thiophene rings is 1. The van der Waals surface area contributed by atoms with Gasteiger partial charge in [0.25, 0.3) is 0 Å². The van der Waals surface area contributed by atoms with Gasteiger partial charge >= 0.3 is 0 Å². The molecule has 2 heterocycles. The van der Waals surface area contributed by atoms with E-state index in [9.17, 15) is 0 Å². The van der Waals surface area contributed by atoms with Crippen molar-refractivity contribution in [3.8, 4) is 0 Å². The molecule has 0 aliphatic carbocycles. The molecule has 0 saturated carbocycles. The van der Waals surface area contributed by atoms with Crippen LogP contribution in [0.25, 0.3) is 0 Å². The van der Waals surface area contributed by atoms with Crippen LogP contribution in [0.3, 0.4) is 0 Å². The lowest BCUT2D eigenvalue weighted by Crippen LogP contribution is -2.31. The van der Waals surface area contributed by atoms with Crippen LogP contribution in [0.15, 0.2) is 17.5 Å². The molecule has 88 valence electrons. The van der Waals surface area contributed by atoms with Gasteiger partial charge in [-0.2, -0.15) is 0 Å². The van der Waals surface area contributed by atoms with E-state index in [0.29, 0.717) is 17.8 Å². The lowest BCUT2D eigenvalue weighted by atomic mass is 10.0. The van der Waals surface area contributed by atoms with E-state index in [-0.39, 0.29) is 0 Å². The van der Waals surface area contributed by atoms with Crippen LogP contribution >= 0.6 is 11.3 Å². The maximum absolute atomic E-state index is 7.57. The Kier molecular flexibility index (Phi) is 3.96. The lowest BCUT2D eigenvalue weighted by Gasteiger charge is -2.15. The average Bonchev–Trinajstić information content (AvgIpc) is 2.84. The highest BCUT2D eigenvalue weighted by molar-refractivity contribution is 7.09. The third-order valence-corrected chi connectivity index (χ3v) is 3.96. The molecular formula is C12H19N3S. The van der Waals surface area contributed by atoms with Crippen molar-refractivity contribution in [1.29, 1.82) is 5.41 Å². The molecule has 1 fully saturated rings. The summed E-state index contributed by atoms with van der Waals surface area (Å²) < 4.78 is 0. The van der Waals surface area contributed by atoms with Crippen LogP contribution < -0.4 is 10.6 Å². The second-order valence-corrected chi connectivity index (χ2v) is 5.49. The molecule has 0 radical (unpaired) electrons. The fourth-order valence-electron chi connectivity index (χ4n) is 2.13. The smallest absolute Gasteiger partial charge is 0.0937 e. The molecule has 0 spiro atoms. The zero-order chi connectivity index (χ0) is 11.4. The Morgan fingerprint density at radius 3 is 3.12 bits per heavy atom. The molecule has 3 nitrogen and oxygen atoms in total. The number of nitrogens with one attached hydrogen (secondary N) is 3. The molecule has 0 amide bonds. The lowest BCUT2D eigenvalue weighted by molar-refractivity contribution is 0.441. The highest BCUT2D eigenvalue weighted by Gasteiger charge is 2.25. The topological polar surface area (TPSA) is 47.9 Å². The van der Waals surface area contributed by atoms with Crippen LogP contribution in [0.2, 0.25) is 0 Å². The van der Waals surface area contributed by atoms with Gasteiger partial charge in [-0.25, -0.2) is 0 Å². The molecular weight excluding hydrogens is 218 g/mol. The molecule has 16 heavy (non-hydrogen) atoms. The normalized spacial score (nSPS) is 24.7. The second-order valence-electron chi connectivity index (χ2n) is 4.46. The number of hydrogen-bond acceptors (Lipinski definition) is 3. The van der Waals surface area contributed by atoms with E-state index in [2.05, 4.69) is 35.1 Å². The van der Waals surface area contributed by atoms with Crippen molar-refractivity contribution in [3.63, 3.8) is 0 Å². The van der Waals surface area contributed by atoms with Crippen LogP contribution in [0.1, 0.15) is 24.6 Å². The molecule has 0 aromatic carbocycles. The van der Waals surface area contributed by atoms with E-state index in [1.165, 1.54) is 4.88 Å². The molecule has 0 unspecified atom stereocenters. The highest BCUT2D eigenvalue weighted by atomic mass is 32.1. The third-order valence-electron chi connectivity index (χ3n) is 3.08. The van der Waals surface area contributed by atoms with E-state index in [4.69, 9.17) is 5.41 Å². The highest BCUT2D eigenvalue weighted by Crippen LogP contribution is 2.18. The van der Waals surface area contributed by atoms with Gasteiger partial charge in [0.2, 0.25) is 0 Å². The van der Waals surface area contributed by atoms with Gasteiger partial charge in [-0.05, 0) is 30.3 Å². The Bertz CT molecular complexity index is 334. The number of amidine groups is 1. The zero-order valence-electron chi connectivity index (χ0n) is 9.62. The molecule has 1 aliphatic heterocycles. The van der Waals surface area contributed by atoms with Gasteiger partial charge in [0, 0.05) is 23.9 Å². The van der Waals surface area contributed by atoms with Crippen LogP contribution in [-0.2, 0) is 6.54 Å². The van der Waals surface area contributed by atoms with Crippen LogP contribution in [0, 0.1) is 11.3 Å². The largest absolute Gasteiger partial charge is 0.371 e. The third kappa shape index (κ3) is 3.06. The monoisotopic (exact) mass is 237 g/mol. The van der Waals surface area contributed by atoms with E-state index < -0.39 is 0 Å². The Morgan fingerprint density at radius 1 is 1.62 bits per heavy atom. The second kappa shape index (κ2) is 5.46. The summed E-state index contributed by atoms with van der Waals surface area (Å²) in [4.78, 5) is 1.39. The molecule has 1 aliphatic rings. The van der Waals surface area contributed by atoms with Crippen molar-refractivity contribution in [1.82, 2.24) is 10.6 Å². The fraction of sp³-hybridized carbons (Fsp3) is 0.583. The fourth-order valence-corrected chi connectivity index (χ4v) is 2.80. The van der Waals surface area contributed by atoms with Gasteiger partial charge in [-0.15, -0.1) is 11.3 Å². The quantitative estimate of drug-likeness (QED) is 0.688. The van der Waals surface area contributed by atoms with Gasteiger partial charge in [0.15, 0.2) is 0 Å². The van der Waals surface area contributed by atoms with Crippen LogP contribution in [0.5, 0.6) is 0 Å². The van der Waals surface area contributed by atoms with Crippen molar-refractivity contribution in [2.45, 2.75) is 32.4 Å². The van der Waals surface area contributed by atoms with Crippen LogP contribution in [0.4, 0.5) is 0 Å². The van der Waals surface area contributed by atoms with Crippen molar-refractivity contribution in [2.24, 2.45) is 5.92 Å². The summed E-state index contributed by atoms with van der Waals surface area (Å²) in [6.45, 7) is 4.21. The Balaban J connectivity index is 1.63.